The van der Waals surface area contributed by atoms with Crippen molar-refractivity contribution in [1.82, 2.24) is 0 Å². The summed E-state index contributed by atoms with van der Waals surface area (Å²) in [7, 11) is 3.24. The van der Waals surface area contributed by atoms with Gasteiger partial charge in [-0.3, -0.25) is 0 Å². The van der Waals surface area contributed by atoms with E-state index in [2.05, 4.69) is 6.58 Å². The van der Waals surface area contributed by atoms with Crippen molar-refractivity contribution >= 4 is 11.6 Å². The molecule has 0 saturated carbocycles. The van der Waals surface area contributed by atoms with Crippen LogP contribution in [0.25, 0.3) is 0 Å². The molecule has 0 atom stereocenters. The highest BCUT2D eigenvalue weighted by Gasteiger charge is 2.09. The smallest absolute Gasteiger partial charge is 0.126 e. The van der Waals surface area contributed by atoms with Crippen molar-refractivity contribution in [3.8, 4) is 11.5 Å². The number of halogens is 1. The second kappa shape index (κ2) is 4.91. The van der Waals surface area contributed by atoms with Crippen LogP contribution in [-0.4, -0.2) is 14.2 Å². The molecule has 0 spiro atoms. The average Bonchev–Trinajstić information content (AvgIpc) is 2.17. The predicted octanol–water partition coefficient (Wildman–Crippen LogP) is 3.00. The summed E-state index contributed by atoms with van der Waals surface area (Å²) in [6.07, 6.45) is 0.550. The van der Waals surface area contributed by atoms with Crippen LogP contribution in [0.5, 0.6) is 11.5 Å². The molecule has 0 heterocycles. The van der Waals surface area contributed by atoms with E-state index in [4.69, 9.17) is 21.1 Å². The SMILES string of the molecule is C=C(Cl)Cc1c(OC)cccc1OC. The van der Waals surface area contributed by atoms with Crippen LogP contribution < -0.4 is 9.47 Å². The Labute approximate surface area is 89.1 Å². The van der Waals surface area contributed by atoms with Crippen molar-refractivity contribution in [2.75, 3.05) is 14.2 Å². The van der Waals surface area contributed by atoms with Gasteiger partial charge in [0.1, 0.15) is 11.5 Å². The first-order chi connectivity index (χ1) is 6.69. The zero-order valence-corrected chi connectivity index (χ0v) is 9.10. The van der Waals surface area contributed by atoms with Crippen LogP contribution in [-0.2, 0) is 6.42 Å². The first kappa shape index (κ1) is 10.9. The Balaban J connectivity index is 3.12. The van der Waals surface area contributed by atoms with Gasteiger partial charge in [0.25, 0.3) is 0 Å². The van der Waals surface area contributed by atoms with E-state index in [9.17, 15) is 0 Å². The van der Waals surface area contributed by atoms with Crippen LogP contribution in [0.1, 0.15) is 5.56 Å². The van der Waals surface area contributed by atoms with Gasteiger partial charge in [0.05, 0.1) is 14.2 Å². The van der Waals surface area contributed by atoms with E-state index in [0.717, 1.165) is 17.1 Å². The Bertz CT molecular complexity index is 312. The molecule has 0 unspecified atom stereocenters. The summed E-state index contributed by atoms with van der Waals surface area (Å²) in [5, 5.41) is 0.563. The summed E-state index contributed by atoms with van der Waals surface area (Å²) in [5.74, 6) is 1.54. The Morgan fingerprint density at radius 3 is 2.14 bits per heavy atom. The standard InChI is InChI=1S/C11H13ClO2/c1-8(12)7-9-10(13-2)5-4-6-11(9)14-3/h4-6H,1,7H2,2-3H3. The monoisotopic (exact) mass is 212 g/mol. The van der Waals surface area contributed by atoms with Crippen molar-refractivity contribution in [3.63, 3.8) is 0 Å². The highest BCUT2D eigenvalue weighted by atomic mass is 35.5. The third kappa shape index (κ3) is 2.42. The molecule has 0 aliphatic carbocycles. The van der Waals surface area contributed by atoms with E-state index in [1.54, 1.807) is 14.2 Å². The molecule has 2 nitrogen and oxygen atoms in total. The Morgan fingerprint density at radius 1 is 1.29 bits per heavy atom. The lowest BCUT2D eigenvalue weighted by Crippen LogP contribution is -1.96. The topological polar surface area (TPSA) is 18.5 Å². The minimum atomic E-state index is 0.550. The van der Waals surface area contributed by atoms with E-state index in [1.165, 1.54) is 0 Å². The van der Waals surface area contributed by atoms with Gasteiger partial charge in [-0.1, -0.05) is 24.2 Å². The Kier molecular flexibility index (Phi) is 3.84. The normalized spacial score (nSPS) is 9.64. The molecular formula is C11H13ClO2. The predicted molar refractivity (Wildman–Crippen MR) is 58.2 cm³/mol. The summed E-state index contributed by atoms with van der Waals surface area (Å²) < 4.78 is 10.4. The van der Waals surface area contributed by atoms with E-state index < -0.39 is 0 Å². The lowest BCUT2D eigenvalue weighted by Gasteiger charge is -2.11. The van der Waals surface area contributed by atoms with Crippen molar-refractivity contribution in [3.05, 3.63) is 35.4 Å². The third-order valence-corrected chi connectivity index (χ3v) is 2.03. The number of hydrogen-bond donors (Lipinski definition) is 0. The molecule has 3 heteroatoms. The molecule has 1 rings (SSSR count). The van der Waals surface area contributed by atoms with Gasteiger partial charge >= 0.3 is 0 Å². The molecule has 0 amide bonds. The van der Waals surface area contributed by atoms with Gasteiger partial charge in [0.15, 0.2) is 0 Å². The van der Waals surface area contributed by atoms with E-state index in [0.29, 0.717) is 11.5 Å². The molecule has 0 radical (unpaired) electrons. The summed E-state index contributed by atoms with van der Waals surface area (Å²) in [4.78, 5) is 0. The van der Waals surface area contributed by atoms with Crippen LogP contribution in [0.15, 0.2) is 29.8 Å². The molecule has 0 aliphatic rings. The van der Waals surface area contributed by atoms with Crippen molar-refractivity contribution < 1.29 is 9.47 Å². The maximum Gasteiger partial charge on any atom is 0.126 e. The van der Waals surface area contributed by atoms with E-state index in [-0.39, 0.29) is 0 Å². The van der Waals surface area contributed by atoms with Crippen LogP contribution in [0.4, 0.5) is 0 Å². The molecule has 0 aliphatic heterocycles. The van der Waals surface area contributed by atoms with Gasteiger partial charge in [0.2, 0.25) is 0 Å². The van der Waals surface area contributed by atoms with Gasteiger partial charge in [-0.2, -0.15) is 0 Å². The number of allylic oxidation sites excluding steroid dienone is 1. The maximum absolute atomic E-state index is 5.76. The van der Waals surface area contributed by atoms with Crippen LogP contribution >= 0.6 is 11.6 Å². The highest BCUT2D eigenvalue weighted by molar-refractivity contribution is 6.29. The van der Waals surface area contributed by atoms with Gasteiger partial charge in [-0.15, -0.1) is 0 Å². The summed E-state index contributed by atoms with van der Waals surface area (Å²) in [6.45, 7) is 3.66. The average molecular weight is 213 g/mol. The molecule has 1 aromatic carbocycles. The minimum absolute atomic E-state index is 0.550. The number of rotatable bonds is 4. The molecule has 0 bridgehead atoms. The first-order valence-electron chi connectivity index (χ1n) is 4.22. The van der Waals surface area contributed by atoms with E-state index in [1.807, 2.05) is 18.2 Å². The summed E-state index contributed by atoms with van der Waals surface area (Å²) in [6, 6.07) is 5.62. The fraction of sp³-hybridized carbons (Fsp3) is 0.273. The molecule has 76 valence electrons. The number of methoxy groups -OCH3 is 2. The van der Waals surface area contributed by atoms with Crippen LogP contribution in [0.2, 0.25) is 0 Å². The zero-order valence-electron chi connectivity index (χ0n) is 8.34. The van der Waals surface area contributed by atoms with Crippen molar-refractivity contribution in [2.24, 2.45) is 0 Å². The number of ether oxygens (including phenoxy) is 2. The lowest BCUT2D eigenvalue weighted by atomic mass is 10.1. The van der Waals surface area contributed by atoms with E-state index >= 15 is 0 Å². The minimum Gasteiger partial charge on any atom is -0.496 e. The molecule has 0 saturated heterocycles. The summed E-state index contributed by atoms with van der Waals surface area (Å²) in [5.41, 5.74) is 0.928. The van der Waals surface area contributed by atoms with Gasteiger partial charge in [0, 0.05) is 17.0 Å². The van der Waals surface area contributed by atoms with Crippen LogP contribution in [0, 0.1) is 0 Å². The van der Waals surface area contributed by atoms with Gasteiger partial charge < -0.3 is 9.47 Å². The highest BCUT2D eigenvalue weighted by Crippen LogP contribution is 2.30. The van der Waals surface area contributed by atoms with Crippen LogP contribution in [0.3, 0.4) is 0 Å². The molecule has 0 aromatic heterocycles. The molecular weight excluding hydrogens is 200 g/mol. The molecule has 0 N–H and O–H groups in total. The van der Waals surface area contributed by atoms with Gasteiger partial charge in [-0.05, 0) is 12.1 Å². The molecule has 1 aromatic rings. The Hall–Kier alpha value is -1.15. The molecule has 14 heavy (non-hydrogen) atoms. The third-order valence-electron chi connectivity index (χ3n) is 1.90. The zero-order chi connectivity index (χ0) is 10.6. The number of hydrogen-bond acceptors (Lipinski definition) is 2. The van der Waals surface area contributed by atoms with Crippen molar-refractivity contribution in [2.45, 2.75) is 6.42 Å². The number of benzene rings is 1. The maximum atomic E-state index is 5.76. The van der Waals surface area contributed by atoms with Crippen molar-refractivity contribution in [1.29, 1.82) is 0 Å². The second-order valence-corrected chi connectivity index (χ2v) is 3.37. The first-order valence-corrected chi connectivity index (χ1v) is 4.60. The largest absolute Gasteiger partial charge is 0.496 e. The van der Waals surface area contributed by atoms with Gasteiger partial charge in [-0.25, -0.2) is 0 Å². The quantitative estimate of drug-likeness (QED) is 0.764. The fourth-order valence-electron chi connectivity index (χ4n) is 1.29. The summed E-state index contributed by atoms with van der Waals surface area (Å²) >= 11 is 5.76. The fourth-order valence-corrected chi connectivity index (χ4v) is 1.43. The Morgan fingerprint density at radius 2 is 1.79 bits per heavy atom. The second-order valence-electron chi connectivity index (χ2n) is 2.84. The molecule has 0 fully saturated rings. The lowest BCUT2D eigenvalue weighted by molar-refractivity contribution is 0.387.